The smallest absolute Gasteiger partial charge is 0.240 e. The molecule has 35 heavy (non-hydrogen) atoms. The normalized spacial score (nSPS) is 39.6. The predicted molar refractivity (Wildman–Crippen MR) is 124 cm³/mol. The molecule has 0 aromatic rings. The summed E-state index contributed by atoms with van der Waals surface area (Å²) in [6.45, 7) is 0.956. The lowest BCUT2D eigenvalue weighted by Crippen LogP contribution is -2.68. The van der Waals surface area contributed by atoms with E-state index in [0.29, 0.717) is 44.4 Å². The van der Waals surface area contributed by atoms with Gasteiger partial charge in [0.2, 0.25) is 11.8 Å². The van der Waals surface area contributed by atoms with Crippen molar-refractivity contribution in [3.63, 3.8) is 0 Å². The molecule has 7 atom stereocenters. The van der Waals surface area contributed by atoms with Gasteiger partial charge in [-0.3, -0.25) is 25.2 Å². The molecule has 2 aliphatic heterocycles. The van der Waals surface area contributed by atoms with Crippen LogP contribution in [0, 0.1) is 17.8 Å². The third-order valence-corrected chi connectivity index (χ3v) is 7.88. The van der Waals surface area contributed by atoms with Crippen molar-refractivity contribution in [2.24, 2.45) is 17.8 Å². The van der Waals surface area contributed by atoms with Crippen LogP contribution in [0.4, 0.5) is 8.78 Å². The van der Waals surface area contributed by atoms with E-state index >= 15 is 0 Å². The average Bonchev–Trinajstić information content (AvgIpc) is 3.35. The molecular weight excluding hydrogens is 462 g/mol. The lowest BCUT2D eigenvalue weighted by Gasteiger charge is -2.44. The van der Waals surface area contributed by atoms with Crippen molar-refractivity contribution in [3.8, 4) is 0 Å². The van der Waals surface area contributed by atoms with Crippen LogP contribution >= 0.6 is 0 Å². The molecule has 0 aromatic carbocycles. The second-order valence-electron chi connectivity index (χ2n) is 10.2. The Morgan fingerprint density at radius 1 is 1.11 bits per heavy atom. The molecule has 12 heteroatoms. The highest BCUT2D eigenvalue weighted by atomic mass is 19.1. The lowest BCUT2D eigenvalue weighted by molar-refractivity contribution is -0.141. The van der Waals surface area contributed by atoms with Crippen LogP contribution < -0.4 is 32.3 Å². The molecule has 0 spiro atoms. The largest absolute Gasteiger partial charge is 0.381 e. The number of alkyl halides is 2. The maximum atomic E-state index is 14.5. The van der Waals surface area contributed by atoms with E-state index in [1.807, 2.05) is 0 Å². The zero-order valence-electron chi connectivity index (χ0n) is 20.4. The minimum absolute atomic E-state index is 0.0565. The second kappa shape index (κ2) is 12.7. The highest BCUT2D eigenvalue weighted by Gasteiger charge is 2.50. The van der Waals surface area contributed by atoms with E-state index < -0.39 is 36.3 Å². The van der Waals surface area contributed by atoms with Crippen molar-refractivity contribution >= 4 is 11.8 Å². The van der Waals surface area contributed by atoms with Crippen molar-refractivity contribution in [2.75, 3.05) is 20.2 Å². The number of halogens is 2. The molecule has 2 saturated heterocycles. The highest BCUT2D eigenvalue weighted by Crippen LogP contribution is 2.37. The first-order chi connectivity index (χ1) is 17.0. The van der Waals surface area contributed by atoms with E-state index in [0.717, 1.165) is 25.7 Å². The number of carbonyl (C=O) groups excluding carboxylic acids is 2. The number of methoxy groups -OCH3 is 1. The Labute approximate surface area is 205 Å². The minimum atomic E-state index is -1.33. The van der Waals surface area contributed by atoms with E-state index in [2.05, 4.69) is 32.3 Å². The quantitative estimate of drug-likeness (QED) is 0.239. The van der Waals surface area contributed by atoms with Gasteiger partial charge >= 0.3 is 0 Å². The second-order valence-corrected chi connectivity index (χ2v) is 10.2. The third kappa shape index (κ3) is 6.86. The Hall–Kier alpha value is -1.44. The lowest BCUT2D eigenvalue weighted by atomic mass is 9.73. The van der Waals surface area contributed by atoms with E-state index in [4.69, 9.17) is 9.57 Å². The van der Waals surface area contributed by atoms with Crippen molar-refractivity contribution in [2.45, 2.75) is 94.8 Å². The van der Waals surface area contributed by atoms with Crippen molar-refractivity contribution in [1.29, 1.82) is 0 Å². The fourth-order valence-electron chi connectivity index (χ4n) is 5.81. The predicted octanol–water partition coefficient (Wildman–Crippen LogP) is 0.507. The van der Waals surface area contributed by atoms with E-state index in [9.17, 15) is 18.4 Å². The Morgan fingerprint density at radius 3 is 2.66 bits per heavy atom. The zero-order chi connectivity index (χ0) is 24.8. The number of rotatable bonds is 10. The van der Waals surface area contributed by atoms with Gasteiger partial charge in [-0.05, 0) is 63.8 Å². The Morgan fingerprint density at radius 2 is 1.89 bits per heavy atom. The van der Waals surface area contributed by atoms with Gasteiger partial charge in [0.05, 0.1) is 24.4 Å². The SMILES string of the molecule is COC1CCC(C2NOC(CCC(=O)NCCCNC3NNC(=O)C4C(F)CCC(F)C34)N2)CC1. The monoisotopic (exact) mass is 502 g/mol. The molecule has 7 unspecified atom stereocenters. The Bertz CT molecular complexity index is 713. The Kier molecular flexibility index (Phi) is 9.65. The summed E-state index contributed by atoms with van der Waals surface area (Å²) in [5.74, 6) is -1.77. The molecule has 2 heterocycles. The number of ether oxygens (including phenoxy) is 1. The topological polar surface area (TPSA) is 125 Å². The Balaban J connectivity index is 1.07. The standard InChI is InChI=1S/C23H40F2N6O4/c1-34-14-5-3-13(4-6-14)21-28-18(35-31-21)10-9-17(32)26-11-2-12-27-22-19-15(24)7-8-16(25)20(19)23(33)30-29-22/h13-16,18-22,27-29,31H,2-12H2,1H3,(H,26,32)(H,30,33). The molecule has 0 radical (unpaired) electrons. The van der Waals surface area contributed by atoms with Crippen molar-refractivity contribution in [3.05, 3.63) is 0 Å². The molecular formula is C23H40F2N6O4. The van der Waals surface area contributed by atoms with Gasteiger partial charge < -0.3 is 15.4 Å². The van der Waals surface area contributed by atoms with E-state index in [1.54, 1.807) is 7.11 Å². The molecule has 2 aliphatic carbocycles. The molecule has 200 valence electrons. The van der Waals surface area contributed by atoms with Gasteiger partial charge in [0, 0.05) is 26.0 Å². The number of hydroxylamine groups is 1. The molecule has 0 aromatic heterocycles. The molecule has 6 N–H and O–H groups in total. The number of hydrogen-bond acceptors (Lipinski definition) is 8. The number of nitrogens with one attached hydrogen (secondary N) is 6. The average molecular weight is 503 g/mol. The molecule has 2 amide bonds. The third-order valence-electron chi connectivity index (χ3n) is 7.88. The van der Waals surface area contributed by atoms with Crippen LogP contribution in [0.1, 0.15) is 57.8 Å². The van der Waals surface area contributed by atoms with Crippen LogP contribution in [0.25, 0.3) is 0 Å². The fraction of sp³-hybridized carbons (Fsp3) is 0.913. The molecule has 0 bridgehead atoms. The van der Waals surface area contributed by atoms with Crippen LogP contribution in [0.3, 0.4) is 0 Å². The van der Waals surface area contributed by atoms with E-state index in [1.165, 1.54) is 0 Å². The molecule has 4 aliphatic rings. The number of fused-ring (bicyclic) bond motifs is 1. The summed E-state index contributed by atoms with van der Waals surface area (Å²) in [4.78, 5) is 29.8. The van der Waals surface area contributed by atoms with Gasteiger partial charge in [0.15, 0.2) is 0 Å². The number of amides is 2. The van der Waals surface area contributed by atoms with Crippen LogP contribution in [-0.4, -0.2) is 69.0 Å². The summed E-state index contributed by atoms with van der Waals surface area (Å²) < 4.78 is 34.1. The summed E-state index contributed by atoms with van der Waals surface area (Å²) >= 11 is 0. The highest BCUT2D eigenvalue weighted by molar-refractivity contribution is 5.80. The zero-order valence-corrected chi connectivity index (χ0v) is 20.4. The molecule has 4 rings (SSSR count). The first-order valence-electron chi connectivity index (χ1n) is 13.0. The van der Waals surface area contributed by atoms with Crippen LogP contribution in [0.2, 0.25) is 0 Å². The summed E-state index contributed by atoms with van der Waals surface area (Å²) in [6, 6.07) is 0. The first kappa shape index (κ1) is 26.6. The number of carbonyl (C=O) groups is 2. The summed E-state index contributed by atoms with van der Waals surface area (Å²) in [5.41, 5.74) is 8.30. The van der Waals surface area contributed by atoms with Gasteiger partial charge in [-0.15, -0.1) is 0 Å². The van der Waals surface area contributed by atoms with Crippen LogP contribution in [-0.2, 0) is 19.2 Å². The summed E-state index contributed by atoms with van der Waals surface area (Å²) in [5, 5.41) is 9.48. The molecule has 2 saturated carbocycles. The van der Waals surface area contributed by atoms with Gasteiger partial charge in [-0.25, -0.2) is 14.2 Å². The summed E-state index contributed by atoms with van der Waals surface area (Å²) in [6.07, 6.45) is 3.16. The van der Waals surface area contributed by atoms with Crippen LogP contribution in [0.5, 0.6) is 0 Å². The van der Waals surface area contributed by atoms with Crippen molar-refractivity contribution in [1.82, 2.24) is 32.3 Å². The maximum Gasteiger partial charge on any atom is 0.240 e. The minimum Gasteiger partial charge on any atom is -0.381 e. The molecule has 4 fully saturated rings. The fourth-order valence-corrected chi connectivity index (χ4v) is 5.81. The first-order valence-corrected chi connectivity index (χ1v) is 13.0. The van der Waals surface area contributed by atoms with Gasteiger partial charge in [0.25, 0.3) is 0 Å². The number of hydrogen-bond donors (Lipinski definition) is 6. The number of hydrazine groups is 1. The van der Waals surface area contributed by atoms with Gasteiger partial charge in [-0.2, -0.15) is 5.48 Å². The maximum absolute atomic E-state index is 14.5. The van der Waals surface area contributed by atoms with Gasteiger partial charge in [-0.1, -0.05) is 0 Å². The van der Waals surface area contributed by atoms with E-state index in [-0.39, 0.29) is 31.1 Å². The van der Waals surface area contributed by atoms with Gasteiger partial charge in [0.1, 0.15) is 18.6 Å². The van der Waals surface area contributed by atoms with Crippen molar-refractivity contribution < 1.29 is 27.9 Å². The molecule has 10 nitrogen and oxygen atoms in total. The summed E-state index contributed by atoms with van der Waals surface area (Å²) in [7, 11) is 1.76. The van der Waals surface area contributed by atoms with Crippen LogP contribution in [0.15, 0.2) is 0 Å².